The van der Waals surface area contributed by atoms with Gasteiger partial charge in [0.15, 0.2) is 0 Å². The van der Waals surface area contributed by atoms with Gasteiger partial charge in [-0.15, -0.1) is 0 Å². The van der Waals surface area contributed by atoms with Gasteiger partial charge in [0, 0.05) is 24.8 Å². The first kappa shape index (κ1) is 16.4. The van der Waals surface area contributed by atoms with Gasteiger partial charge in [0.05, 0.1) is 6.04 Å². The summed E-state index contributed by atoms with van der Waals surface area (Å²) >= 11 is 0. The fraction of sp³-hybridized carbons (Fsp3) is 0.105. The van der Waals surface area contributed by atoms with Crippen LogP contribution in [-0.2, 0) is 14.4 Å². The molecular formula is C19H16N2O4. The SMILES string of the molecule is CC(=O)NC1c2ccccc2-c2ccc(NC(=O)/C=C\C(=O)O)cc21. The van der Waals surface area contributed by atoms with Crippen molar-refractivity contribution in [2.75, 3.05) is 5.32 Å². The van der Waals surface area contributed by atoms with Crippen LogP contribution in [0.15, 0.2) is 54.6 Å². The lowest BCUT2D eigenvalue weighted by Gasteiger charge is -2.15. The van der Waals surface area contributed by atoms with E-state index in [-0.39, 0.29) is 11.9 Å². The Bertz CT molecular complexity index is 902. The third-order valence-electron chi connectivity index (χ3n) is 3.92. The van der Waals surface area contributed by atoms with Gasteiger partial charge in [0.2, 0.25) is 11.8 Å². The lowest BCUT2D eigenvalue weighted by molar-refractivity contribution is -0.131. The second kappa shape index (κ2) is 6.60. The minimum Gasteiger partial charge on any atom is -0.478 e. The van der Waals surface area contributed by atoms with E-state index in [0.717, 1.165) is 34.4 Å². The molecule has 0 saturated carbocycles. The summed E-state index contributed by atoms with van der Waals surface area (Å²) in [6.07, 6.45) is 1.73. The van der Waals surface area contributed by atoms with Crippen molar-refractivity contribution in [1.82, 2.24) is 5.32 Å². The number of nitrogens with one attached hydrogen (secondary N) is 2. The van der Waals surface area contributed by atoms with Crippen LogP contribution in [0.3, 0.4) is 0 Å². The van der Waals surface area contributed by atoms with Crippen LogP contribution < -0.4 is 10.6 Å². The number of aliphatic carboxylic acids is 1. The highest BCUT2D eigenvalue weighted by Gasteiger charge is 2.29. The maximum absolute atomic E-state index is 11.8. The molecule has 0 radical (unpaired) electrons. The molecule has 1 aliphatic rings. The molecule has 6 heteroatoms. The van der Waals surface area contributed by atoms with Crippen molar-refractivity contribution in [2.24, 2.45) is 0 Å². The largest absolute Gasteiger partial charge is 0.478 e. The van der Waals surface area contributed by atoms with Crippen LogP contribution in [0.25, 0.3) is 11.1 Å². The average molecular weight is 336 g/mol. The molecule has 25 heavy (non-hydrogen) atoms. The number of carboxylic acids is 1. The summed E-state index contributed by atoms with van der Waals surface area (Å²) < 4.78 is 0. The van der Waals surface area contributed by atoms with Gasteiger partial charge in [-0.05, 0) is 34.4 Å². The van der Waals surface area contributed by atoms with Crippen molar-refractivity contribution in [3.8, 4) is 11.1 Å². The Labute approximate surface area is 144 Å². The number of amides is 2. The third kappa shape index (κ3) is 3.42. The van der Waals surface area contributed by atoms with E-state index in [1.54, 1.807) is 12.1 Å². The monoisotopic (exact) mass is 336 g/mol. The van der Waals surface area contributed by atoms with Crippen molar-refractivity contribution >= 4 is 23.5 Å². The lowest BCUT2D eigenvalue weighted by atomic mass is 10.0. The van der Waals surface area contributed by atoms with E-state index >= 15 is 0 Å². The number of rotatable bonds is 4. The number of anilines is 1. The van der Waals surface area contributed by atoms with Gasteiger partial charge in [-0.3, -0.25) is 9.59 Å². The highest BCUT2D eigenvalue weighted by atomic mass is 16.4. The van der Waals surface area contributed by atoms with Crippen molar-refractivity contribution in [2.45, 2.75) is 13.0 Å². The summed E-state index contributed by atoms with van der Waals surface area (Å²) in [5.41, 5.74) is 4.45. The highest BCUT2D eigenvalue weighted by molar-refractivity contribution is 6.02. The highest BCUT2D eigenvalue weighted by Crippen LogP contribution is 2.44. The number of hydrogen-bond donors (Lipinski definition) is 3. The maximum atomic E-state index is 11.8. The third-order valence-corrected chi connectivity index (χ3v) is 3.92. The topological polar surface area (TPSA) is 95.5 Å². The lowest BCUT2D eigenvalue weighted by Crippen LogP contribution is -2.25. The van der Waals surface area contributed by atoms with Crippen LogP contribution in [0.2, 0.25) is 0 Å². The Morgan fingerprint density at radius 3 is 2.44 bits per heavy atom. The molecule has 0 aliphatic heterocycles. The quantitative estimate of drug-likeness (QED) is 0.748. The number of carboxylic acid groups (broad SMARTS) is 1. The van der Waals surface area contributed by atoms with Crippen LogP contribution in [0, 0.1) is 0 Å². The zero-order valence-electron chi connectivity index (χ0n) is 13.4. The van der Waals surface area contributed by atoms with Crippen LogP contribution in [0.4, 0.5) is 5.69 Å². The molecule has 2 aromatic carbocycles. The van der Waals surface area contributed by atoms with Gasteiger partial charge >= 0.3 is 5.97 Å². The summed E-state index contributed by atoms with van der Waals surface area (Å²) in [7, 11) is 0. The van der Waals surface area contributed by atoms with E-state index in [2.05, 4.69) is 10.6 Å². The van der Waals surface area contributed by atoms with Gasteiger partial charge < -0.3 is 15.7 Å². The number of benzene rings is 2. The predicted molar refractivity (Wildman–Crippen MR) is 92.9 cm³/mol. The molecule has 1 unspecified atom stereocenters. The van der Waals surface area contributed by atoms with Gasteiger partial charge in [-0.2, -0.15) is 0 Å². The normalized spacial score (nSPS) is 14.7. The molecule has 0 saturated heterocycles. The first-order valence-electron chi connectivity index (χ1n) is 7.68. The zero-order chi connectivity index (χ0) is 18.0. The summed E-state index contributed by atoms with van der Waals surface area (Å²) in [5, 5.41) is 14.1. The van der Waals surface area contributed by atoms with E-state index in [0.29, 0.717) is 5.69 Å². The second-order valence-electron chi connectivity index (χ2n) is 5.68. The molecule has 6 nitrogen and oxygen atoms in total. The van der Waals surface area contributed by atoms with Crippen molar-refractivity contribution in [3.63, 3.8) is 0 Å². The van der Waals surface area contributed by atoms with Gasteiger partial charge in [-0.25, -0.2) is 4.79 Å². The first-order chi connectivity index (χ1) is 12.0. The van der Waals surface area contributed by atoms with Crippen LogP contribution in [0.1, 0.15) is 24.1 Å². The van der Waals surface area contributed by atoms with Crippen molar-refractivity contribution < 1.29 is 19.5 Å². The van der Waals surface area contributed by atoms with E-state index in [1.807, 2.05) is 30.3 Å². The molecule has 2 aromatic rings. The van der Waals surface area contributed by atoms with E-state index in [1.165, 1.54) is 6.92 Å². The van der Waals surface area contributed by atoms with Crippen molar-refractivity contribution in [1.29, 1.82) is 0 Å². The van der Waals surface area contributed by atoms with E-state index < -0.39 is 11.9 Å². The molecule has 3 rings (SSSR count). The minimum atomic E-state index is -1.19. The molecule has 0 heterocycles. The fourth-order valence-electron chi connectivity index (χ4n) is 2.98. The Balaban J connectivity index is 1.94. The molecule has 126 valence electrons. The van der Waals surface area contributed by atoms with Gasteiger partial charge in [0.25, 0.3) is 0 Å². The molecule has 0 spiro atoms. The number of carbonyl (C=O) groups excluding carboxylic acids is 2. The predicted octanol–water partition coefficient (Wildman–Crippen LogP) is 2.47. The molecule has 3 N–H and O–H groups in total. The molecule has 1 atom stereocenters. The summed E-state index contributed by atoms with van der Waals surface area (Å²) in [5.74, 6) is -1.87. The maximum Gasteiger partial charge on any atom is 0.328 e. The van der Waals surface area contributed by atoms with Gasteiger partial charge in [-0.1, -0.05) is 30.3 Å². The first-order valence-corrected chi connectivity index (χ1v) is 7.68. The molecule has 1 aliphatic carbocycles. The van der Waals surface area contributed by atoms with Crippen molar-refractivity contribution in [3.05, 3.63) is 65.7 Å². The second-order valence-corrected chi connectivity index (χ2v) is 5.68. The molecule has 0 bridgehead atoms. The summed E-state index contributed by atoms with van der Waals surface area (Å²) in [6, 6.07) is 12.9. The van der Waals surface area contributed by atoms with Crippen LogP contribution >= 0.6 is 0 Å². The van der Waals surface area contributed by atoms with Crippen LogP contribution in [-0.4, -0.2) is 22.9 Å². The smallest absolute Gasteiger partial charge is 0.328 e. The molecular weight excluding hydrogens is 320 g/mol. The summed E-state index contributed by atoms with van der Waals surface area (Å²) in [4.78, 5) is 33.8. The van der Waals surface area contributed by atoms with E-state index in [4.69, 9.17) is 5.11 Å². The average Bonchev–Trinajstić information content (AvgIpc) is 2.86. The Kier molecular flexibility index (Phi) is 4.35. The number of fused-ring (bicyclic) bond motifs is 3. The van der Waals surface area contributed by atoms with Crippen LogP contribution in [0.5, 0.6) is 0 Å². The minimum absolute atomic E-state index is 0.147. The molecule has 0 aromatic heterocycles. The fourth-order valence-corrected chi connectivity index (χ4v) is 2.98. The number of hydrogen-bond acceptors (Lipinski definition) is 3. The zero-order valence-corrected chi connectivity index (χ0v) is 13.4. The Hall–Kier alpha value is -3.41. The van der Waals surface area contributed by atoms with E-state index in [9.17, 15) is 14.4 Å². The van der Waals surface area contributed by atoms with Gasteiger partial charge in [0.1, 0.15) is 0 Å². The Morgan fingerprint density at radius 1 is 1.00 bits per heavy atom. The molecule has 0 fully saturated rings. The number of carbonyl (C=O) groups is 3. The summed E-state index contributed by atoms with van der Waals surface area (Å²) in [6.45, 7) is 1.46. The molecule has 2 amide bonds. The Morgan fingerprint density at radius 2 is 1.72 bits per heavy atom. The standard InChI is InChI=1S/C19H16N2O4/c1-11(22)20-19-15-5-3-2-4-13(15)14-7-6-12(10-16(14)19)21-17(23)8-9-18(24)25/h2-10,19H,1H3,(H,20,22)(H,21,23)(H,24,25)/b9-8-.